The number of methoxy groups -OCH3 is 1. The van der Waals surface area contributed by atoms with Crippen molar-refractivity contribution >= 4 is 15.7 Å². The van der Waals surface area contributed by atoms with Crippen molar-refractivity contribution in [1.82, 2.24) is 4.90 Å². The Bertz CT molecular complexity index is 596. The van der Waals surface area contributed by atoms with Crippen LogP contribution in [0.2, 0.25) is 0 Å². The highest BCUT2D eigenvalue weighted by Gasteiger charge is 2.32. The van der Waals surface area contributed by atoms with E-state index in [1.165, 1.54) is 4.90 Å². The van der Waals surface area contributed by atoms with Gasteiger partial charge in [-0.3, -0.25) is 4.79 Å². The first kappa shape index (κ1) is 15.6. The number of hydrogen-bond donors (Lipinski definition) is 0. The summed E-state index contributed by atoms with van der Waals surface area (Å²) in [5.74, 6) is 1.23. The molecule has 0 spiro atoms. The van der Waals surface area contributed by atoms with E-state index < -0.39 is 9.84 Å². The fourth-order valence-corrected chi connectivity index (χ4v) is 3.98. The zero-order valence-electron chi connectivity index (χ0n) is 12.1. The number of amides is 1. The number of rotatable bonds is 5. The molecule has 1 aromatic rings. The number of carbonyl (C=O) groups is 1. The molecule has 1 aliphatic heterocycles. The number of ether oxygens (including phenoxy) is 2. The first-order chi connectivity index (χ1) is 9.91. The topological polar surface area (TPSA) is 72.9 Å². The Hall–Kier alpha value is -1.76. The van der Waals surface area contributed by atoms with E-state index in [4.69, 9.17) is 9.47 Å². The van der Waals surface area contributed by atoms with E-state index in [2.05, 4.69) is 0 Å². The third-order valence-electron chi connectivity index (χ3n) is 3.57. The van der Waals surface area contributed by atoms with E-state index in [0.717, 1.165) is 0 Å². The summed E-state index contributed by atoms with van der Waals surface area (Å²) in [6.07, 6.45) is 0.493. The van der Waals surface area contributed by atoms with Crippen molar-refractivity contribution in [2.24, 2.45) is 0 Å². The van der Waals surface area contributed by atoms with Crippen LogP contribution >= 0.6 is 0 Å². The van der Waals surface area contributed by atoms with Crippen molar-refractivity contribution in [2.45, 2.75) is 12.5 Å². The molecule has 1 saturated heterocycles. The molecule has 0 bridgehead atoms. The van der Waals surface area contributed by atoms with Crippen LogP contribution < -0.4 is 9.47 Å². The molecule has 0 radical (unpaired) electrons. The van der Waals surface area contributed by atoms with Gasteiger partial charge in [-0.2, -0.15) is 0 Å². The van der Waals surface area contributed by atoms with Gasteiger partial charge in [0.05, 0.1) is 18.6 Å². The van der Waals surface area contributed by atoms with Crippen molar-refractivity contribution in [2.75, 3.05) is 32.3 Å². The second kappa shape index (κ2) is 6.34. The molecule has 2 rings (SSSR count). The minimum absolute atomic E-state index is 0.0395. The van der Waals surface area contributed by atoms with E-state index >= 15 is 0 Å². The van der Waals surface area contributed by atoms with Crippen LogP contribution in [0.15, 0.2) is 24.3 Å². The Morgan fingerprint density at radius 1 is 1.29 bits per heavy atom. The number of likely N-dealkylation sites (N-methyl/N-ethyl adjacent to an activating group) is 1. The Balaban J connectivity index is 1.86. The van der Waals surface area contributed by atoms with E-state index in [1.54, 1.807) is 38.4 Å². The SMILES string of the molecule is COc1ccc(OCC(=O)N(C)C2CCS(=O)(=O)C2)cc1. The van der Waals surface area contributed by atoms with Crippen molar-refractivity contribution in [3.05, 3.63) is 24.3 Å². The molecule has 6 nitrogen and oxygen atoms in total. The third kappa shape index (κ3) is 4.10. The van der Waals surface area contributed by atoms with Gasteiger partial charge in [0.2, 0.25) is 0 Å². The van der Waals surface area contributed by atoms with Crippen molar-refractivity contribution in [3.63, 3.8) is 0 Å². The molecule has 0 aliphatic carbocycles. The molecule has 7 heteroatoms. The van der Waals surface area contributed by atoms with E-state index in [9.17, 15) is 13.2 Å². The van der Waals surface area contributed by atoms with Gasteiger partial charge >= 0.3 is 0 Å². The molecule has 0 saturated carbocycles. The normalized spacial score (nSPS) is 20.0. The third-order valence-corrected chi connectivity index (χ3v) is 5.32. The predicted molar refractivity (Wildman–Crippen MR) is 78.3 cm³/mol. The molecular formula is C14H19NO5S. The molecular weight excluding hydrogens is 294 g/mol. The lowest BCUT2D eigenvalue weighted by atomic mass is 10.2. The zero-order chi connectivity index (χ0) is 15.5. The van der Waals surface area contributed by atoms with E-state index in [1.807, 2.05) is 0 Å². The summed E-state index contributed by atoms with van der Waals surface area (Å²) < 4.78 is 33.3. The molecule has 1 unspecified atom stereocenters. The Labute approximate surface area is 124 Å². The average molecular weight is 313 g/mol. The monoisotopic (exact) mass is 313 g/mol. The van der Waals surface area contributed by atoms with Crippen LogP contribution in [0.4, 0.5) is 0 Å². The molecule has 21 heavy (non-hydrogen) atoms. The van der Waals surface area contributed by atoms with Gasteiger partial charge in [-0.1, -0.05) is 0 Å². The fraction of sp³-hybridized carbons (Fsp3) is 0.500. The highest BCUT2D eigenvalue weighted by molar-refractivity contribution is 7.91. The average Bonchev–Trinajstić information content (AvgIpc) is 2.84. The number of nitrogens with zero attached hydrogens (tertiary/aromatic N) is 1. The molecule has 1 atom stereocenters. The van der Waals surface area contributed by atoms with Gasteiger partial charge in [0.1, 0.15) is 11.5 Å². The second-order valence-electron chi connectivity index (χ2n) is 5.03. The number of sulfone groups is 1. The lowest BCUT2D eigenvalue weighted by Crippen LogP contribution is -2.40. The smallest absolute Gasteiger partial charge is 0.260 e. The summed E-state index contributed by atoms with van der Waals surface area (Å²) in [5.41, 5.74) is 0. The maximum absolute atomic E-state index is 12.0. The van der Waals surface area contributed by atoms with Crippen LogP contribution in [-0.2, 0) is 14.6 Å². The van der Waals surface area contributed by atoms with Crippen LogP contribution in [0.5, 0.6) is 11.5 Å². The van der Waals surface area contributed by atoms with Gasteiger partial charge in [0.15, 0.2) is 16.4 Å². The predicted octanol–water partition coefficient (Wildman–Crippen LogP) is 0.720. The molecule has 1 heterocycles. The molecule has 116 valence electrons. The standard InChI is InChI=1S/C14H19NO5S/c1-15(11-7-8-21(17,18)10-11)14(16)9-20-13-5-3-12(19-2)4-6-13/h3-6,11H,7-10H2,1-2H3. The van der Waals surface area contributed by atoms with Gasteiger partial charge in [0.25, 0.3) is 5.91 Å². The summed E-state index contributed by atoms with van der Waals surface area (Å²) in [5, 5.41) is 0. The first-order valence-electron chi connectivity index (χ1n) is 6.64. The van der Waals surface area contributed by atoms with E-state index in [-0.39, 0.29) is 30.1 Å². The molecule has 0 aromatic heterocycles. The quantitative estimate of drug-likeness (QED) is 0.801. The van der Waals surface area contributed by atoms with Crippen LogP contribution in [0, 0.1) is 0 Å². The lowest BCUT2D eigenvalue weighted by Gasteiger charge is -2.23. The number of carbonyl (C=O) groups excluding carboxylic acids is 1. The highest BCUT2D eigenvalue weighted by Crippen LogP contribution is 2.18. The van der Waals surface area contributed by atoms with Crippen LogP contribution in [0.25, 0.3) is 0 Å². The van der Waals surface area contributed by atoms with Gasteiger partial charge in [-0.25, -0.2) is 8.42 Å². The van der Waals surface area contributed by atoms with Crippen molar-refractivity contribution < 1.29 is 22.7 Å². The summed E-state index contributed by atoms with van der Waals surface area (Å²) in [6, 6.07) is 6.67. The van der Waals surface area contributed by atoms with Crippen LogP contribution in [-0.4, -0.2) is 57.5 Å². The summed E-state index contributed by atoms with van der Waals surface area (Å²) in [7, 11) is 0.192. The summed E-state index contributed by atoms with van der Waals surface area (Å²) >= 11 is 0. The van der Waals surface area contributed by atoms with E-state index in [0.29, 0.717) is 17.9 Å². The molecule has 0 N–H and O–H groups in total. The minimum atomic E-state index is -3.00. The van der Waals surface area contributed by atoms with Crippen LogP contribution in [0.1, 0.15) is 6.42 Å². The van der Waals surface area contributed by atoms with Gasteiger partial charge < -0.3 is 14.4 Å². The number of benzene rings is 1. The van der Waals surface area contributed by atoms with Gasteiger partial charge in [-0.05, 0) is 30.7 Å². The van der Waals surface area contributed by atoms with Crippen molar-refractivity contribution in [1.29, 1.82) is 0 Å². The number of hydrogen-bond acceptors (Lipinski definition) is 5. The molecule has 1 fully saturated rings. The fourth-order valence-electron chi connectivity index (χ4n) is 2.20. The summed E-state index contributed by atoms with van der Waals surface area (Å²) in [6.45, 7) is -0.112. The van der Waals surface area contributed by atoms with Crippen molar-refractivity contribution in [3.8, 4) is 11.5 Å². The van der Waals surface area contributed by atoms with Crippen LogP contribution in [0.3, 0.4) is 0 Å². The molecule has 1 aromatic carbocycles. The minimum Gasteiger partial charge on any atom is -0.497 e. The Kier molecular flexibility index (Phi) is 4.72. The Morgan fingerprint density at radius 2 is 1.90 bits per heavy atom. The summed E-state index contributed by atoms with van der Waals surface area (Å²) in [4.78, 5) is 13.5. The zero-order valence-corrected chi connectivity index (χ0v) is 12.9. The molecule has 1 aliphatic rings. The second-order valence-corrected chi connectivity index (χ2v) is 7.25. The maximum Gasteiger partial charge on any atom is 0.260 e. The highest BCUT2D eigenvalue weighted by atomic mass is 32.2. The Morgan fingerprint density at radius 3 is 2.43 bits per heavy atom. The maximum atomic E-state index is 12.0. The first-order valence-corrected chi connectivity index (χ1v) is 8.46. The van der Waals surface area contributed by atoms with Gasteiger partial charge in [-0.15, -0.1) is 0 Å². The van der Waals surface area contributed by atoms with Gasteiger partial charge in [0, 0.05) is 13.1 Å². The lowest BCUT2D eigenvalue weighted by molar-refractivity contribution is -0.133. The molecule has 1 amide bonds. The largest absolute Gasteiger partial charge is 0.497 e.